The summed E-state index contributed by atoms with van der Waals surface area (Å²) in [5, 5.41) is 4.24. The number of piperidine rings is 1. The zero-order valence-corrected chi connectivity index (χ0v) is 17.7. The fraction of sp³-hybridized carbons (Fsp3) is 0.474. The van der Waals surface area contributed by atoms with Gasteiger partial charge in [-0.3, -0.25) is 9.48 Å². The van der Waals surface area contributed by atoms with Crippen molar-refractivity contribution in [1.82, 2.24) is 14.1 Å². The van der Waals surface area contributed by atoms with Gasteiger partial charge in [0.1, 0.15) is 4.90 Å². The number of sulfonamides is 1. The first-order valence-corrected chi connectivity index (χ1v) is 11.6. The molecular weight excluding hydrogens is 382 g/mol. The highest BCUT2D eigenvalue weighted by Crippen LogP contribution is 2.30. The number of aryl methyl sites for hydroxylation is 2. The number of nitrogens with zero attached hydrogens (tertiary/aromatic N) is 3. The molecule has 146 valence electrons. The van der Waals surface area contributed by atoms with E-state index in [1.54, 1.807) is 25.6 Å². The highest BCUT2D eigenvalue weighted by molar-refractivity contribution is 7.98. The molecule has 0 N–H and O–H groups in total. The molecule has 0 radical (unpaired) electrons. The van der Waals surface area contributed by atoms with E-state index in [4.69, 9.17) is 0 Å². The van der Waals surface area contributed by atoms with E-state index in [0.29, 0.717) is 36.3 Å². The molecule has 6 nitrogen and oxygen atoms in total. The summed E-state index contributed by atoms with van der Waals surface area (Å²) in [5.41, 5.74) is 1.80. The van der Waals surface area contributed by atoms with Crippen molar-refractivity contribution >= 4 is 27.6 Å². The molecule has 2 aromatic rings. The summed E-state index contributed by atoms with van der Waals surface area (Å²) in [5.74, 6) is -0.293. The van der Waals surface area contributed by atoms with Gasteiger partial charge in [-0.2, -0.15) is 9.40 Å². The van der Waals surface area contributed by atoms with Crippen molar-refractivity contribution in [3.63, 3.8) is 0 Å². The van der Waals surface area contributed by atoms with Crippen molar-refractivity contribution in [1.29, 1.82) is 0 Å². The Labute approximate surface area is 165 Å². The number of rotatable bonds is 5. The number of ketones is 1. The molecule has 2 heterocycles. The molecule has 1 aromatic carbocycles. The second kappa shape index (κ2) is 7.77. The molecule has 3 rings (SSSR count). The number of thioether (sulfide) groups is 1. The molecule has 0 bridgehead atoms. The van der Waals surface area contributed by atoms with E-state index in [0.717, 1.165) is 4.90 Å². The Bertz CT molecular complexity index is 967. The van der Waals surface area contributed by atoms with Crippen molar-refractivity contribution in [3.05, 3.63) is 41.2 Å². The molecule has 0 amide bonds. The van der Waals surface area contributed by atoms with Crippen molar-refractivity contribution < 1.29 is 13.2 Å². The minimum Gasteiger partial charge on any atom is -0.294 e. The molecule has 27 heavy (non-hydrogen) atoms. The Kier molecular flexibility index (Phi) is 5.79. The van der Waals surface area contributed by atoms with Crippen molar-refractivity contribution in [3.8, 4) is 0 Å². The van der Waals surface area contributed by atoms with Crippen LogP contribution in [0, 0.1) is 19.8 Å². The van der Waals surface area contributed by atoms with Gasteiger partial charge in [0.05, 0.1) is 11.4 Å². The quantitative estimate of drug-likeness (QED) is 0.563. The van der Waals surface area contributed by atoms with E-state index in [1.165, 1.54) is 16.1 Å². The number of benzene rings is 1. The van der Waals surface area contributed by atoms with Crippen LogP contribution in [0.4, 0.5) is 0 Å². The van der Waals surface area contributed by atoms with E-state index >= 15 is 0 Å². The van der Waals surface area contributed by atoms with Crippen molar-refractivity contribution in [2.75, 3.05) is 19.3 Å². The molecule has 0 unspecified atom stereocenters. The third-order valence-corrected chi connectivity index (χ3v) is 8.08. The fourth-order valence-electron chi connectivity index (χ4n) is 3.70. The van der Waals surface area contributed by atoms with Crippen LogP contribution in [0.25, 0.3) is 0 Å². The average Bonchev–Trinajstić information content (AvgIpc) is 2.93. The van der Waals surface area contributed by atoms with Gasteiger partial charge < -0.3 is 0 Å². The second-order valence-electron chi connectivity index (χ2n) is 6.89. The van der Waals surface area contributed by atoms with Gasteiger partial charge in [0.2, 0.25) is 10.0 Å². The summed E-state index contributed by atoms with van der Waals surface area (Å²) >= 11 is 1.53. The lowest BCUT2D eigenvalue weighted by Gasteiger charge is -2.31. The topological polar surface area (TPSA) is 72.3 Å². The van der Waals surface area contributed by atoms with Crippen LogP contribution in [-0.2, 0) is 17.1 Å². The Balaban J connectivity index is 1.89. The zero-order chi connectivity index (χ0) is 19.8. The fourth-order valence-corrected chi connectivity index (χ4v) is 6.23. The lowest BCUT2D eigenvalue weighted by molar-refractivity contribution is 0.0869. The number of aromatic nitrogens is 2. The van der Waals surface area contributed by atoms with Crippen LogP contribution in [0.3, 0.4) is 0 Å². The first kappa shape index (κ1) is 20.1. The molecule has 0 aliphatic carbocycles. The van der Waals surface area contributed by atoms with E-state index in [2.05, 4.69) is 5.10 Å². The SMILES string of the molecule is CSc1ccccc1C(=O)[C@@H]1CCCN(S(=O)(=O)c2c(C)nn(C)c2C)C1. The highest BCUT2D eigenvalue weighted by Gasteiger charge is 2.36. The minimum absolute atomic E-state index is 0.0273. The van der Waals surface area contributed by atoms with Gasteiger partial charge in [0.15, 0.2) is 5.78 Å². The standard InChI is InChI=1S/C19H25N3O3S2/c1-13-19(14(2)21(3)20-13)27(24,25)22-11-7-8-15(12-22)18(23)16-9-5-6-10-17(16)26-4/h5-6,9-10,15H,7-8,11-12H2,1-4H3/t15-/m1/s1. The zero-order valence-electron chi connectivity index (χ0n) is 16.1. The molecule has 0 spiro atoms. The van der Waals surface area contributed by atoms with Gasteiger partial charge in [-0.25, -0.2) is 8.42 Å². The van der Waals surface area contributed by atoms with E-state index in [1.807, 2.05) is 30.5 Å². The third-order valence-electron chi connectivity index (χ3n) is 5.17. The molecule has 1 atom stereocenters. The maximum absolute atomic E-state index is 13.2. The molecular formula is C19H25N3O3S2. The Morgan fingerprint density at radius 1 is 1.26 bits per heavy atom. The number of hydrogen-bond acceptors (Lipinski definition) is 5. The van der Waals surface area contributed by atoms with Gasteiger partial charge in [-0.15, -0.1) is 11.8 Å². The van der Waals surface area contributed by atoms with E-state index < -0.39 is 10.0 Å². The Morgan fingerprint density at radius 2 is 1.96 bits per heavy atom. The lowest BCUT2D eigenvalue weighted by Crippen LogP contribution is -2.42. The first-order valence-electron chi connectivity index (χ1n) is 8.95. The van der Waals surface area contributed by atoms with E-state index in [-0.39, 0.29) is 23.1 Å². The summed E-state index contributed by atoms with van der Waals surface area (Å²) in [4.78, 5) is 14.3. The highest BCUT2D eigenvalue weighted by atomic mass is 32.2. The van der Waals surface area contributed by atoms with Gasteiger partial charge in [0.25, 0.3) is 0 Å². The van der Waals surface area contributed by atoms with Crippen molar-refractivity contribution in [2.24, 2.45) is 13.0 Å². The Morgan fingerprint density at radius 3 is 2.59 bits per heavy atom. The number of Topliss-reactive ketones (excluding diaryl/α,β-unsaturated/α-hetero) is 1. The molecule has 1 aromatic heterocycles. The van der Waals surface area contributed by atoms with Crippen LogP contribution >= 0.6 is 11.8 Å². The maximum Gasteiger partial charge on any atom is 0.246 e. The van der Waals surface area contributed by atoms with Gasteiger partial charge >= 0.3 is 0 Å². The number of hydrogen-bond donors (Lipinski definition) is 0. The third kappa shape index (κ3) is 3.70. The molecule has 1 aliphatic rings. The van der Waals surface area contributed by atoms with Crippen LogP contribution in [0.15, 0.2) is 34.1 Å². The maximum atomic E-state index is 13.2. The van der Waals surface area contributed by atoms with E-state index in [9.17, 15) is 13.2 Å². The monoisotopic (exact) mass is 407 g/mol. The lowest BCUT2D eigenvalue weighted by atomic mass is 9.91. The predicted molar refractivity (Wildman–Crippen MR) is 107 cm³/mol. The van der Waals surface area contributed by atoms with Gasteiger partial charge in [0, 0.05) is 36.5 Å². The largest absolute Gasteiger partial charge is 0.294 e. The van der Waals surface area contributed by atoms with Crippen LogP contribution in [0.5, 0.6) is 0 Å². The minimum atomic E-state index is -3.67. The van der Waals surface area contributed by atoms with Crippen LogP contribution in [-0.4, -0.2) is 47.6 Å². The normalized spacial score (nSPS) is 18.6. The van der Waals surface area contributed by atoms with Gasteiger partial charge in [-0.05, 0) is 39.0 Å². The molecule has 0 saturated carbocycles. The van der Waals surface area contributed by atoms with Gasteiger partial charge in [-0.1, -0.05) is 18.2 Å². The summed E-state index contributed by atoms with van der Waals surface area (Å²) in [6, 6.07) is 7.52. The molecule has 1 aliphatic heterocycles. The molecule has 1 saturated heterocycles. The summed E-state index contributed by atoms with van der Waals surface area (Å²) in [6.07, 6.45) is 3.33. The van der Waals surface area contributed by atoms with Crippen molar-refractivity contribution in [2.45, 2.75) is 36.5 Å². The second-order valence-corrected chi connectivity index (χ2v) is 9.61. The number of carbonyl (C=O) groups is 1. The predicted octanol–water partition coefficient (Wildman–Crippen LogP) is 3.04. The smallest absolute Gasteiger partial charge is 0.246 e. The molecule has 8 heteroatoms. The summed E-state index contributed by atoms with van der Waals surface area (Å²) in [6.45, 7) is 4.12. The Hall–Kier alpha value is -1.64. The summed E-state index contributed by atoms with van der Waals surface area (Å²) < 4.78 is 29.5. The van der Waals surface area contributed by atoms with Crippen LogP contribution in [0.1, 0.15) is 34.6 Å². The molecule has 1 fully saturated rings. The van der Waals surface area contributed by atoms with Crippen LogP contribution < -0.4 is 0 Å². The average molecular weight is 408 g/mol. The summed E-state index contributed by atoms with van der Waals surface area (Å²) in [7, 11) is -1.93. The number of carbonyl (C=O) groups excluding carboxylic acids is 1. The first-order chi connectivity index (χ1) is 12.8. The van der Waals surface area contributed by atoms with Crippen LogP contribution in [0.2, 0.25) is 0 Å².